The van der Waals surface area contributed by atoms with E-state index in [-0.39, 0.29) is 12.2 Å². The number of halogens is 3. The summed E-state index contributed by atoms with van der Waals surface area (Å²) in [5.74, 6) is -0.476. The van der Waals surface area contributed by atoms with Crippen molar-refractivity contribution in [2.75, 3.05) is 18.9 Å². The van der Waals surface area contributed by atoms with Gasteiger partial charge in [-0.15, -0.1) is 11.3 Å². The number of amides is 1. The number of alkyl halides is 3. The number of nitrogens with one attached hydrogen (secondary N) is 1. The predicted molar refractivity (Wildman–Crippen MR) is 80.7 cm³/mol. The molecule has 0 aliphatic rings. The number of thiophene rings is 1. The number of nitrogens with zero attached hydrogens (tertiary/aromatic N) is 1. The summed E-state index contributed by atoms with van der Waals surface area (Å²) in [4.78, 5) is 14.8. The van der Waals surface area contributed by atoms with E-state index >= 15 is 0 Å². The molecule has 3 nitrogen and oxygen atoms in total. The first kappa shape index (κ1) is 16.5. The quantitative estimate of drug-likeness (QED) is 0.904. The molecule has 22 heavy (non-hydrogen) atoms. The molecule has 0 spiro atoms. The molecular formula is C15H15F3N2OS. The van der Waals surface area contributed by atoms with E-state index in [0.29, 0.717) is 6.54 Å². The second-order valence-corrected chi connectivity index (χ2v) is 5.88. The maximum Gasteiger partial charge on any atom is 0.418 e. The fraction of sp³-hybridized carbons (Fsp3) is 0.267. The highest BCUT2D eigenvalue weighted by molar-refractivity contribution is 7.09. The van der Waals surface area contributed by atoms with E-state index in [0.717, 1.165) is 10.9 Å². The third-order valence-corrected chi connectivity index (χ3v) is 3.79. The molecule has 1 aromatic carbocycles. The van der Waals surface area contributed by atoms with Crippen LogP contribution in [0.2, 0.25) is 0 Å². The van der Waals surface area contributed by atoms with E-state index in [2.05, 4.69) is 5.32 Å². The maximum absolute atomic E-state index is 12.9. The predicted octanol–water partition coefficient (Wildman–Crippen LogP) is 3.84. The van der Waals surface area contributed by atoms with Crippen LogP contribution in [0.25, 0.3) is 0 Å². The molecule has 0 atom stereocenters. The topological polar surface area (TPSA) is 32.3 Å². The van der Waals surface area contributed by atoms with Gasteiger partial charge >= 0.3 is 6.18 Å². The van der Waals surface area contributed by atoms with Crippen LogP contribution in [0.1, 0.15) is 10.4 Å². The minimum atomic E-state index is -4.49. The first-order chi connectivity index (χ1) is 10.4. The van der Waals surface area contributed by atoms with E-state index in [1.165, 1.54) is 18.2 Å². The number of hydrogen-bond donors (Lipinski definition) is 1. The fourth-order valence-electron chi connectivity index (χ4n) is 2.00. The molecule has 2 rings (SSSR count). The zero-order valence-electron chi connectivity index (χ0n) is 11.9. The number of carbonyl (C=O) groups excluding carboxylic acids is 1. The molecule has 0 unspecified atom stereocenters. The van der Waals surface area contributed by atoms with E-state index in [4.69, 9.17) is 0 Å². The third-order valence-electron chi connectivity index (χ3n) is 2.93. The van der Waals surface area contributed by atoms with Crippen LogP contribution in [-0.4, -0.2) is 24.4 Å². The summed E-state index contributed by atoms with van der Waals surface area (Å²) in [6, 6.07) is 8.80. The van der Waals surface area contributed by atoms with E-state index < -0.39 is 17.6 Å². The Hall–Kier alpha value is -1.86. The Balaban J connectivity index is 1.98. The van der Waals surface area contributed by atoms with Gasteiger partial charge in [0.25, 0.3) is 0 Å². The van der Waals surface area contributed by atoms with Crippen LogP contribution in [0.5, 0.6) is 0 Å². The molecule has 0 aliphatic carbocycles. The molecular weight excluding hydrogens is 313 g/mol. The first-order valence-electron chi connectivity index (χ1n) is 6.53. The molecule has 0 saturated carbocycles. The SMILES string of the molecule is CN(CC(=O)Nc1ccccc1C(F)(F)F)Cc1cccs1. The zero-order valence-corrected chi connectivity index (χ0v) is 12.7. The second-order valence-electron chi connectivity index (χ2n) is 4.84. The molecule has 2 aromatic rings. The molecule has 1 aromatic heterocycles. The molecule has 7 heteroatoms. The molecule has 0 radical (unpaired) electrons. The minimum Gasteiger partial charge on any atom is -0.324 e. The highest BCUT2D eigenvalue weighted by Crippen LogP contribution is 2.34. The van der Waals surface area contributed by atoms with Crippen LogP contribution < -0.4 is 5.32 Å². The van der Waals surface area contributed by atoms with Gasteiger partial charge in [0.2, 0.25) is 5.91 Å². The summed E-state index contributed by atoms with van der Waals surface area (Å²) in [6.07, 6.45) is -4.49. The molecule has 0 fully saturated rings. The lowest BCUT2D eigenvalue weighted by Crippen LogP contribution is -2.30. The Morgan fingerprint density at radius 2 is 1.95 bits per heavy atom. The van der Waals surface area contributed by atoms with Crippen LogP contribution in [0.15, 0.2) is 41.8 Å². The number of hydrogen-bond acceptors (Lipinski definition) is 3. The number of carbonyl (C=O) groups is 1. The Labute approximate surface area is 130 Å². The number of likely N-dealkylation sites (N-methyl/N-ethyl adjacent to an activating group) is 1. The number of anilines is 1. The van der Waals surface area contributed by atoms with Crippen molar-refractivity contribution in [3.63, 3.8) is 0 Å². The van der Waals surface area contributed by atoms with Gasteiger partial charge in [-0.05, 0) is 30.6 Å². The van der Waals surface area contributed by atoms with Crippen molar-refractivity contribution in [2.45, 2.75) is 12.7 Å². The standard InChI is InChI=1S/C15H15F3N2OS/c1-20(9-11-5-4-8-22-11)10-14(21)19-13-7-3-2-6-12(13)15(16,17)18/h2-8H,9-10H2,1H3,(H,19,21). The molecule has 1 amide bonds. The van der Waals surface area contributed by atoms with Gasteiger partial charge in [0.1, 0.15) is 0 Å². The molecule has 118 valence electrons. The minimum absolute atomic E-state index is 0.0179. The van der Waals surface area contributed by atoms with Crippen LogP contribution in [0, 0.1) is 0 Å². The largest absolute Gasteiger partial charge is 0.418 e. The Kier molecular flexibility index (Phi) is 5.20. The molecule has 1 heterocycles. The van der Waals surface area contributed by atoms with Gasteiger partial charge in [-0.2, -0.15) is 13.2 Å². The van der Waals surface area contributed by atoms with Crippen LogP contribution in [0.4, 0.5) is 18.9 Å². The molecule has 0 aliphatic heterocycles. The van der Waals surface area contributed by atoms with Crippen LogP contribution >= 0.6 is 11.3 Å². The third kappa shape index (κ3) is 4.57. The van der Waals surface area contributed by atoms with Crippen molar-refractivity contribution < 1.29 is 18.0 Å². The normalized spacial score (nSPS) is 11.7. The van der Waals surface area contributed by atoms with Crippen molar-refractivity contribution in [3.8, 4) is 0 Å². The summed E-state index contributed by atoms with van der Waals surface area (Å²) in [6.45, 7) is 0.593. The number of rotatable bonds is 5. The van der Waals surface area contributed by atoms with Crippen molar-refractivity contribution in [3.05, 3.63) is 52.2 Å². The van der Waals surface area contributed by atoms with E-state index in [1.54, 1.807) is 23.3 Å². The average molecular weight is 328 g/mol. The molecule has 0 bridgehead atoms. The van der Waals surface area contributed by atoms with Crippen LogP contribution in [-0.2, 0) is 17.5 Å². The summed E-state index contributed by atoms with van der Waals surface area (Å²) < 4.78 is 38.6. The van der Waals surface area contributed by atoms with E-state index in [9.17, 15) is 18.0 Å². The van der Waals surface area contributed by atoms with Gasteiger partial charge in [0, 0.05) is 11.4 Å². The summed E-state index contributed by atoms with van der Waals surface area (Å²) >= 11 is 1.57. The van der Waals surface area contributed by atoms with Gasteiger partial charge in [-0.25, -0.2) is 0 Å². The lowest BCUT2D eigenvalue weighted by atomic mass is 10.1. The first-order valence-corrected chi connectivity index (χ1v) is 7.41. The van der Waals surface area contributed by atoms with Crippen LogP contribution in [0.3, 0.4) is 0 Å². The summed E-state index contributed by atoms with van der Waals surface area (Å²) in [5.41, 5.74) is -1.06. The zero-order chi connectivity index (χ0) is 16.2. The molecule has 1 N–H and O–H groups in total. The average Bonchev–Trinajstić information content (AvgIpc) is 2.90. The van der Waals surface area contributed by atoms with Crippen molar-refractivity contribution in [1.29, 1.82) is 0 Å². The lowest BCUT2D eigenvalue weighted by Gasteiger charge is -2.17. The summed E-state index contributed by atoms with van der Waals surface area (Å²) in [5, 5.41) is 4.26. The maximum atomic E-state index is 12.9. The Morgan fingerprint density at radius 1 is 1.23 bits per heavy atom. The summed E-state index contributed by atoms with van der Waals surface area (Å²) in [7, 11) is 1.75. The van der Waals surface area contributed by atoms with Gasteiger partial charge in [0.05, 0.1) is 17.8 Å². The van der Waals surface area contributed by atoms with Gasteiger partial charge in [-0.1, -0.05) is 18.2 Å². The smallest absolute Gasteiger partial charge is 0.324 e. The lowest BCUT2D eigenvalue weighted by molar-refractivity contribution is -0.137. The monoisotopic (exact) mass is 328 g/mol. The Bertz CT molecular complexity index is 626. The van der Waals surface area contributed by atoms with Crippen molar-refractivity contribution in [2.24, 2.45) is 0 Å². The number of para-hydroxylation sites is 1. The van der Waals surface area contributed by atoms with E-state index in [1.807, 2.05) is 17.5 Å². The van der Waals surface area contributed by atoms with Crippen molar-refractivity contribution in [1.82, 2.24) is 4.90 Å². The fourth-order valence-corrected chi connectivity index (χ4v) is 2.78. The Morgan fingerprint density at radius 3 is 2.59 bits per heavy atom. The second kappa shape index (κ2) is 6.93. The van der Waals surface area contributed by atoms with Crippen molar-refractivity contribution >= 4 is 22.9 Å². The number of benzene rings is 1. The van der Waals surface area contributed by atoms with Gasteiger partial charge < -0.3 is 5.32 Å². The highest BCUT2D eigenvalue weighted by atomic mass is 32.1. The van der Waals surface area contributed by atoms with Gasteiger partial charge in [-0.3, -0.25) is 9.69 Å². The van der Waals surface area contributed by atoms with Gasteiger partial charge in [0.15, 0.2) is 0 Å². The molecule has 0 saturated heterocycles. The highest BCUT2D eigenvalue weighted by Gasteiger charge is 2.33.